The number of carboxylic acid groups (broad SMARTS) is 1. The molecule has 3 aromatic rings. The zero-order valence-corrected chi connectivity index (χ0v) is 20.7. The van der Waals surface area contributed by atoms with Crippen LogP contribution < -0.4 is 5.32 Å². The minimum atomic E-state index is -4.69. The van der Waals surface area contributed by atoms with Crippen LogP contribution in [0.5, 0.6) is 0 Å². The Morgan fingerprint density at radius 2 is 1.84 bits per heavy atom. The SMILES string of the molecule is Cc1cc(NC(=O)C2(c3ccc(C(F)(F)F)cc3F)CC2)cc(C(=O)O)c1-c1cnc(C2CCCC2)s1. The van der Waals surface area contributed by atoms with Gasteiger partial charge in [-0.25, -0.2) is 14.2 Å². The van der Waals surface area contributed by atoms with Crippen LogP contribution in [0.15, 0.2) is 36.5 Å². The van der Waals surface area contributed by atoms with E-state index in [1.54, 1.807) is 19.2 Å². The van der Waals surface area contributed by atoms with Crippen LogP contribution in [0.25, 0.3) is 10.4 Å². The van der Waals surface area contributed by atoms with E-state index in [2.05, 4.69) is 10.3 Å². The van der Waals surface area contributed by atoms with Crippen molar-refractivity contribution >= 4 is 28.9 Å². The van der Waals surface area contributed by atoms with Crippen molar-refractivity contribution in [1.29, 1.82) is 0 Å². The number of aromatic nitrogens is 1. The molecule has 0 aliphatic heterocycles. The van der Waals surface area contributed by atoms with E-state index in [1.165, 1.54) is 17.4 Å². The Balaban J connectivity index is 1.43. The Kier molecular flexibility index (Phi) is 6.34. The third kappa shape index (κ3) is 4.74. The molecule has 2 aromatic carbocycles. The van der Waals surface area contributed by atoms with Gasteiger partial charge in [0.05, 0.1) is 26.4 Å². The third-order valence-corrected chi connectivity index (χ3v) is 8.47. The summed E-state index contributed by atoms with van der Waals surface area (Å²) in [6, 6.07) is 5.18. The number of carbonyl (C=O) groups is 2. The highest BCUT2D eigenvalue weighted by Gasteiger charge is 2.53. The van der Waals surface area contributed by atoms with Gasteiger partial charge in [-0.05, 0) is 62.4 Å². The maximum absolute atomic E-state index is 14.6. The highest BCUT2D eigenvalue weighted by atomic mass is 32.1. The molecule has 194 valence electrons. The number of alkyl halides is 3. The Labute approximate surface area is 214 Å². The number of benzene rings is 2. The second-order valence-corrected chi connectivity index (χ2v) is 10.9. The molecule has 10 heteroatoms. The lowest BCUT2D eigenvalue weighted by molar-refractivity contribution is -0.137. The predicted octanol–water partition coefficient (Wildman–Crippen LogP) is 7.30. The molecule has 1 amide bonds. The van der Waals surface area contributed by atoms with Crippen molar-refractivity contribution in [1.82, 2.24) is 4.98 Å². The van der Waals surface area contributed by atoms with Gasteiger partial charge in [-0.15, -0.1) is 11.3 Å². The van der Waals surface area contributed by atoms with Crippen LogP contribution in [0.2, 0.25) is 0 Å². The fourth-order valence-corrected chi connectivity index (χ4v) is 6.41. The fraction of sp³-hybridized carbons (Fsp3) is 0.370. The first kappa shape index (κ1) is 25.4. The van der Waals surface area contributed by atoms with Crippen LogP contribution in [0.1, 0.15) is 76.5 Å². The molecule has 0 radical (unpaired) electrons. The van der Waals surface area contributed by atoms with Gasteiger partial charge in [0.1, 0.15) is 5.82 Å². The highest BCUT2D eigenvalue weighted by molar-refractivity contribution is 7.15. The van der Waals surface area contributed by atoms with Crippen LogP contribution >= 0.6 is 11.3 Å². The van der Waals surface area contributed by atoms with Crippen LogP contribution in [-0.2, 0) is 16.4 Å². The van der Waals surface area contributed by atoms with Gasteiger partial charge in [0, 0.05) is 28.9 Å². The van der Waals surface area contributed by atoms with Crippen LogP contribution in [0.4, 0.5) is 23.2 Å². The maximum atomic E-state index is 14.6. The number of halogens is 4. The molecule has 0 unspecified atom stereocenters. The van der Waals surface area contributed by atoms with Gasteiger partial charge in [0.25, 0.3) is 0 Å². The third-order valence-electron chi connectivity index (χ3n) is 7.29. The van der Waals surface area contributed by atoms with Crippen molar-refractivity contribution in [2.24, 2.45) is 0 Å². The van der Waals surface area contributed by atoms with Crippen molar-refractivity contribution < 1.29 is 32.3 Å². The largest absolute Gasteiger partial charge is 0.478 e. The number of aromatic carboxylic acids is 1. The minimum Gasteiger partial charge on any atom is -0.478 e. The van der Waals surface area contributed by atoms with Gasteiger partial charge in [-0.1, -0.05) is 18.9 Å². The summed E-state index contributed by atoms with van der Waals surface area (Å²) in [4.78, 5) is 30.6. The lowest BCUT2D eigenvalue weighted by Gasteiger charge is -2.19. The number of hydrogen-bond donors (Lipinski definition) is 2. The zero-order chi connectivity index (χ0) is 26.5. The van der Waals surface area contributed by atoms with Crippen LogP contribution in [0, 0.1) is 12.7 Å². The van der Waals surface area contributed by atoms with E-state index in [1.807, 2.05) is 0 Å². The Morgan fingerprint density at radius 3 is 2.43 bits per heavy atom. The average Bonchev–Trinajstić information content (AvgIpc) is 3.21. The maximum Gasteiger partial charge on any atom is 0.416 e. The molecule has 0 saturated heterocycles. The number of thiazole rings is 1. The summed E-state index contributed by atoms with van der Waals surface area (Å²) >= 11 is 1.48. The van der Waals surface area contributed by atoms with Crippen molar-refractivity contribution in [2.45, 2.75) is 63.0 Å². The number of rotatable bonds is 6. The number of nitrogens with one attached hydrogen (secondary N) is 1. The van der Waals surface area contributed by atoms with Crippen molar-refractivity contribution in [3.63, 3.8) is 0 Å². The second-order valence-electron chi connectivity index (χ2n) is 9.79. The standard InChI is InChI=1S/C27H24F4N2O3S/c1-14-10-17(12-18(24(34)35)22(14)21-13-32-23(37-21)15-4-2-3-5-15)33-25(36)26(8-9-26)19-7-6-16(11-20(19)28)27(29,30)31/h6-7,10-13,15H,2-5,8-9H2,1H3,(H,33,36)(H,34,35). The number of nitrogens with zero attached hydrogens (tertiary/aromatic N) is 1. The van der Waals surface area contributed by atoms with E-state index in [9.17, 15) is 32.3 Å². The first-order valence-electron chi connectivity index (χ1n) is 12.0. The number of aryl methyl sites for hydroxylation is 1. The quantitative estimate of drug-likeness (QED) is 0.327. The van der Waals surface area contributed by atoms with E-state index >= 15 is 0 Å². The number of amides is 1. The van der Waals surface area contributed by atoms with Crippen molar-refractivity contribution in [2.75, 3.05) is 5.32 Å². The molecule has 2 aliphatic rings. The van der Waals surface area contributed by atoms with E-state index in [0.29, 0.717) is 23.1 Å². The summed E-state index contributed by atoms with van der Waals surface area (Å²) in [5.74, 6) is -2.45. The monoisotopic (exact) mass is 532 g/mol. The molecule has 37 heavy (non-hydrogen) atoms. The molecule has 5 nitrogen and oxygen atoms in total. The van der Waals surface area contributed by atoms with Gasteiger partial charge in [-0.3, -0.25) is 4.79 Å². The predicted molar refractivity (Wildman–Crippen MR) is 131 cm³/mol. The molecular formula is C27H24F4N2O3S. The first-order valence-corrected chi connectivity index (χ1v) is 12.8. The molecule has 2 saturated carbocycles. The molecule has 1 aromatic heterocycles. The fourth-order valence-electron chi connectivity index (χ4n) is 5.19. The first-order chi connectivity index (χ1) is 17.5. The molecule has 1 heterocycles. The van der Waals surface area contributed by atoms with Crippen molar-refractivity contribution in [3.8, 4) is 10.4 Å². The highest BCUT2D eigenvalue weighted by Crippen LogP contribution is 2.50. The molecule has 5 rings (SSSR count). The zero-order valence-electron chi connectivity index (χ0n) is 19.9. The van der Waals surface area contributed by atoms with E-state index in [4.69, 9.17) is 0 Å². The number of carbonyl (C=O) groups excluding carboxylic acids is 1. The van der Waals surface area contributed by atoms with Gasteiger partial charge < -0.3 is 10.4 Å². The average molecular weight is 533 g/mol. The summed E-state index contributed by atoms with van der Waals surface area (Å²) in [7, 11) is 0. The molecule has 0 bridgehead atoms. The summed E-state index contributed by atoms with van der Waals surface area (Å²) in [6.07, 6.45) is 2.01. The summed E-state index contributed by atoms with van der Waals surface area (Å²) < 4.78 is 53.5. The van der Waals surface area contributed by atoms with Gasteiger partial charge in [-0.2, -0.15) is 13.2 Å². The van der Waals surface area contributed by atoms with E-state index < -0.39 is 34.8 Å². The van der Waals surface area contributed by atoms with E-state index in [-0.39, 0.29) is 29.7 Å². The molecule has 2 aliphatic carbocycles. The Hall–Kier alpha value is -3.27. The van der Waals surface area contributed by atoms with Crippen LogP contribution in [0.3, 0.4) is 0 Å². The molecule has 2 N–H and O–H groups in total. The number of anilines is 1. The number of carboxylic acids is 1. The molecule has 0 spiro atoms. The molecular weight excluding hydrogens is 508 g/mol. The summed E-state index contributed by atoms with van der Waals surface area (Å²) in [5, 5.41) is 13.6. The van der Waals surface area contributed by atoms with Gasteiger partial charge in [0.2, 0.25) is 5.91 Å². The lowest BCUT2D eigenvalue weighted by atomic mass is 9.92. The normalized spacial score (nSPS) is 17.1. The van der Waals surface area contributed by atoms with Crippen molar-refractivity contribution in [3.05, 3.63) is 69.6 Å². The molecule has 2 fully saturated rings. The van der Waals surface area contributed by atoms with Crippen LogP contribution in [-0.4, -0.2) is 22.0 Å². The minimum absolute atomic E-state index is 0.00230. The van der Waals surface area contributed by atoms with E-state index in [0.717, 1.165) is 47.7 Å². The summed E-state index contributed by atoms with van der Waals surface area (Å²) in [6.45, 7) is 1.74. The second kappa shape index (κ2) is 9.24. The lowest BCUT2D eigenvalue weighted by Crippen LogP contribution is -2.29. The smallest absolute Gasteiger partial charge is 0.416 e. The van der Waals surface area contributed by atoms with Gasteiger partial charge >= 0.3 is 12.1 Å². The summed E-state index contributed by atoms with van der Waals surface area (Å²) in [5.41, 5.74) is -1.14. The Bertz CT molecular complexity index is 1390. The Morgan fingerprint density at radius 1 is 1.14 bits per heavy atom. The molecule has 0 atom stereocenters. The number of hydrogen-bond acceptors (Lipinski definition) is 4. The van der Waals surface area contributed by atoms with Gasteiger partial charge in [0.15, 0.2) is 0 Å². The topological polar surface area (TPSA) is 79.3 Å².